The monoisotopic (exact) mass is 216 g/mol. The molecule has 0 rings (SSSR count). The Labute approximate surface area is 99.9 Å². The number of hydrogen-bond donors (Lipinski definition) is 1. The van der Waals surface area contributed by atoms with Crippen molar-refractivity contribution in [3.63, 3.8) is 0 Å². The largest absolute Gasteiger partial charge is 0.328 e. The first kappa shape index (κ1) is 15.6. The van der Waals surface area contributed by atoms with Gasteiger partial charge in [0.2, 0.25) is 5.91 Å². The van der Waals surface area contributed by atoms with Crippen molar-refractivity contribution in [2.45, 2.75) is 6.92 Å². The van der Waals surface area contributed by atoms with Gasteiger partial charge in [-0.15, -0.1) is 0 Å². The van der Waals surface area contributed by atoms with E-state index in [-0.39, 0.29) is 42.0 Å². The minimum absolute atomic E-state index is 0. The molecule has 0 spiro atoms. The van der Waals surface area contributed by atoms with E-state index in [9.17, 15) is 13.2 Å². The smallest absolute Gasteiger partial charge is 0.268 e. The summed E-state index contributed by atoms with van der Waals surface area (Å²) in [5, 5.41) is 2.16. The van der Waals surface area contributed by atoms with E-state index in [0.29, 0.717) is 0 Å². The Morgan fingerprint density at radius 2 is 2.15 bits per heavy atom. The molecule has 0 unspecified atom stereocenters. The van der Waals surface area contributed by atoms with Crippen molar-refractivity contribution in [1.29, 1.82) is 0 Å². The van der Waals surface area contributed by atoms with E-state index in [4.69, 9.17) is 0 Å². The summed E-state index contributed by atoms with van der Waals surface area (Å²) < 4.78 is 25.7. The predicted octanol–water partition coefficient (Wildman–Crippen LogP) is -0.768. The van der Waals surface area contributed by atoms with Gasteiger partial charge in [0.25, 0.3) is 10.1 Å². The number of amides is 1. The van der Waals surface area contributed by atoms with Crippen LogP contribution in [0.3, 0.4) is 0 Å². The average Bonchev–Trinajstić information content (AvgIpc) is 2.04. The van der Waals surface area contributed by atoms with Gasteiger partial charge in [0.15, 0.2) is 0 Å². The van der Waals surface area contributed by atoms with E-state index < -0.39 is 16.0 Å². The molecule has 7 heteroatoms. The molecule has 0 aromatic heterocycles. The second-order valence-electron chi connectivity index (χ2n) is 1.85. The van der Waals surface area contributed by atoms with Crippen molar-refractivity contribution in [3.05, 3.63) is 12.7 Å². The van der Waals surface area contributed by atoms with Gasteiger partial charge in [0, 0.05) is 29.6 Å². The molecule has 0 atom stereocenters. The van der Waals surface area contributed by atoms with Gasteiger partial charge < -0.3 is 5.32 Å². The normalized spacial score (nSPS) is 9.92. The quantitative estimate of drug-likeness (QED) is 0.283. The van der Waals surface area contributed by atoms with Crippen LogP contribution in [0.5, 0.6) is 0 Å². The predicted molar refractivity (Wildman–Crippen MR) is 49.5 cm³/mol. The third kappa shape index (κ3) is 8.45. The molecular weight excluding hydrogens is 205 g/mol. The van der Waals surface area contributed by atoms with Crippen LogP contribution in [-0.2, 0) is 19.1 Å². The van der Waals surface area contributed by atoms with E-state index in [2.05, 4.69) is 16.1 Å². The topological polar surface area (TPSA) is 72.5 Å². The summed E-state index contributed by atoms with van der Waals surface area (Å²) in [7, 11) is -3.47. The molecule has 0 bridgehead atoms. The Hall–Kier alpha value is 0.120. The zero-order valence-electron chi connectivity index (χ0n) is 7.74. The van der Waals surface area contributed by atoms with Gasteiger partial charge in [-0.3, -0.25) is 4.79 Å². The number of nitrogens with one attached hydrogen (secondary N) is 1. The second-order valence-corrected chi connectivity index (χ2v) is 3.78. The zero-order valence-corrected chi connectivity index (χ0v) is 10.6. The number of carbonyl (C=O) groups excluding carboxylic acids is 1. The fraction of sp³-hybridized carbons (Fsp3) is 0.500. The van der Waals surface area contributed by atoms with Crippen molar-refractivity contribution in [1.82, 2.24) is 5.32 Å². The van der Waals surface area contributed by atoms with Crippen molar-refractivity contribution in [3.8, 4) is 0 Å². The molecule has 0 aliphatic carbocycles. The minimum Gasteiger partial charge on any atom is -0.328 e. The summed E-state index contributed by atoms with van der Waals surface area (Å²) in [4.78, 5) is 10.5. The molecular formula is C6H11NNaO4S. The van der Waals surface area contributed by atoms with Crippen LogP contribution in [0.1, 0.15) is 6.92 Å². The van der Waals surface area contributed by atoms with Gasteiger partial charge in [-0.25, -0.2) is 4.18 Å². The van der Waals surface area contributed by atoms with Crippen LogP contribution in [0.2, 0.25) is 0 Å². The Balaban J connectivity index is 0. The molecule has 0 aromatic rings. The van der Waals surface area contributed by atoms with Gasteiger partial charge >= 0.3 is 0 Å². The third-order valence-corrected chi connectivity index (χ3v) is 2.21. The maximum Gasteiger partial charge on any atom is 0.268 e. The molecule has 0 fully saturated rings. The summed E-state index contributed by atoms with van der Waals surface area (Å²) >= 11 is 0. The molecule has 1 N–H and O–H groups in total. The van der Waals surface area contributed by atoms with Crippen LogP contribution in [-0.4, -0.2) is 56.4 Å². The van der Waals surface area contributed by atoms with E-state index in [1.807, 2.05) is 0 Å². The van der Waals surface area contributed by atoms with Crippen LogP contribution in [0, 0.1) is 0 Å². The molecule has 0 saturated carbocycles. The summed E-state index contributed by atoms with van der Waals surface area (Å²) in [5.74, 6) is -0.585. The Kier molecular flexibility index (Phi) is 9.01. The fourth-order valence-corrected chi connectivity index (χ4v) is 0.751. The summed E-state index contributed by atoms with van der Waals surface area (Å²) in [6.45, 7) is 4.28. The number of rotatable bonds is 5. The van der Waals surface area contributed by atoms with Gasteiger partial charge in [0.05, 0.1) is 5.75 Å². The van der Waals surface area contributed by atoms with E-state index in [0.717, 1.165) is 6.08 Å². The summed E-state index contributed by atoms with van der Waals surface area (Å²) in [6, 6.07) is 0. The average molecular weight is 216 g/mol. The van der Waals surface area contributed by atoms with Crippen molar-refractivity contribution in [2.24, 2.45) is 0 Å². The van der Waals surface area contributed by atoms with Gasteiger partial charge in [-0.05, 0) is 13.0 Å². The van der Waals surface area contributed by atoms with Gasteiger partial charge in [-0.1, -0.05) is 6.58 Å². The van der Waals surface area contributed by atoms with E-state index >= 15 is 0 Å². The molecule has 0 aromatic carbocycles. The van der Waals surface area contributed by atoms with Crippen molar-refractivity contribution >= 4 is 45.6 Å². The van der Waals surface area contributed by atoms with Gasteiger partial charge in [-0.2, -0.15) is 8.42 Å². The van der Waals surface area contributed by atoms with Crippen LogP contribution in [0.15, 0.2) is 12.7 Å². The maximum atomic E-state index is 10.7. The minimum atomic E-state index is -3.47. The second kappa shape index (κ2) is 7.52. The Bertz CT molecular complexity index is 262. The first-order valence-corrected chi connectivity index (χ1v) is 4.87. The molecule has 71 valence electrons. The van der Waals surface area contributed by atoms with Crippen molar-refractivity contribution in [2.75, 3.05) is 12.5 Å². The Morgan fingerprint density at radius 3 is 2.54 bits per heavy atom. The summed E-state index contributed by atoms with van der Waals surface area (Å²) in [5.41, 5.74) is 0. The Morgan fingerprint density at radius 1 is 1.62 bits per heavy atom. The molecule has 1 amide bonds. The molecule has 5 nitrogen and oxygen atoms in total. The molecule has 13 heavy (non-hydrogen) atoms. The molecule has 1 radical (unpaired) electrons. The van der Waals surface area contributed by atoms with E-state index in [1.165, 1.54) is 6.92 Å². The molecule has 0 aliphatic rings. The summed E-state index contributed by atoms with van der Waals surface area (Å²) in [6.07, 6.45) is 1.03. The van der Waals surface area contributed by atoms with Crippen molar-refractivity contribution < 1.29 is 17.4 Å². The third-order valence-electron chi connectivity index (χ3n) is 1.02. The van der Waals surface area contributed by atoms with Crippen LogP contribution in [0.4, 0.5) is 0 Å². The zero-order chi connectivity index (χ0) is 9.61. The van der Waals surface area contributed by atoms with Crippen LogP contribution < -0.4 is 5.32 Å². The van der Waals surface area contributed by atoms with Crippen LogP contribution in [0.25, 0.3) is 0 Å². The SMILES string of the molecule is C=CC(=O)NCOS(=O)(=O)CC.[Na]. The number of hydrogen-bond acceptors (Lipinski definition) is 4. The first-order chi connectivity index (χ1) is 5.52. The first-order valence-electron chi connectivity index (χ1n) is 3.29. The van der Waals surface area contributed by atoms with E-state index in [1.54, 1.807) is 0 Å². The molecule has 0 heterocycles. The maximum absolute atomic E-state index is 10.7. The molecule has 0 aliphatic heterocycles. The number of carbonyl (C=O) groups is 1. The standard InChI is InChI=1S/C6H11NO4S.Na/c1-3-6(8)7-5-11-12(9,10)4-2;/h3H,1,4-5H2,2H3,(H,7,8);. The fourth-order valence-electron chi connectivity index (χ4n) is 0.346. The van der Waals surface area contributed by atoms with Gasteiger partial charge in [0.1, 0.15) is 6.73 Å². The van der Waals surface area contributed by atoms with Crippen LogP contribution >= 0.6 is 0 Å². The molecule has 0 saturated heterocycles.